The van der Waals surface area contributed by atoms with Crippen molar-refractivity contribution in [2.45, 2.75) is 13.3 Å². The van der Waals surface area contributed by atoms with E-state index in [9.17, 15) is 4.79 Å². The summed E-state index contributed by atoms with van der Waals surface area (Å²) in [5, 5.41) is 16.3. The molecule has 0 unspecified atom stereocenters. The first-order chi connectivity index (χ1) is 15.1. The molecule has 3 rings (SSSR count). The number of nitrogens with one attached hydrogen (secondary N) is 2. The fourth-order valence-electron chi connectivity index (χ4n) is 3.51. The van der Waals surface area contributed by atoms with Crippen LogP contribution in [0.5, 0.6) is 0 Å². The third-order valence-electron chi connectivity index (χ3n) is 5.05. The van der Waals surface area contributed by atoms with E-state index in [1.54, 1.807) is 11.6 Å². The van der Waals surface area contributed by atoms with Crippen LogP contribution in [-0.4, -0.2) is 17.3 Å². The van der Waals surface area contributed by atoms with Gasteiger partial charge in [0.25, 0.3) is 5.91 Å². The van der Waals surface area contributed by atoms with E-state index in [2.05, 4.69) is 19.1 Å². The second-order valence-corrected chi connectivity index (χ2v) is 6.99. The highest BCUT2D eigenvalue weighted by Gasteiger charge is 2.14. The van der Waals surface area contributed by atoms with Gasteiger partial charge >= 0.3 is 0 Å². The molecule has 0 bridgehead atoms. The number of hydrogen-bond donors (Lipinski definition) is 4. The molecule has 0 saturated carbocycles. The van der Waals surface area contributed by atoms with Gasteiger partial charge in [0.05, 0.1) is 0 Å². The third kappa shape index (κ3) is 5.15. The Morgan fingerprint density at radius 2 is 1.68 bits per heavy atom. The van der Waals surface area contributed by atoms with Gasteiger partial charge in [-0.05, 0) is 58.0 Å². The molecular weight excluding hydrogens is 386 g/mol. The Balaban J connectivity index is 2.17. The molecule has 0 aromatic heterocycles. The number of allylic oxidation sites excluding steroid dienone is 1. The second kappa shape index (κ2) is 10.2. The number of nitrogens with two attached hydrogens (primary N) is 1. The number of carbonyl (C=O) groups is 1. The Bertz CT molecular complexity index is 1130. The zero-order chi connectivity index (χ0) is 22.2. The van der Waals surface area contributed by atoms with Crippen molar-refractivity contribution in [2.24, 2.45) is 0 Å². The molecule has 0 saturated heterocycles. The van der Waals surface area contributed by atoms with E-state index in [4.69, 9.17) is 16.4 Å². The molecule has 5 nitrogen and oxygen atoms in total. The van der Waals surface area contributed by atoms with Crippen LogP contribution in [0, 0.1) is 5.41 Å². The SMILES string of the molecule is CC/C(=C(/c1ccc(/C=C/C(=O)NO)cc1)c1ccc(N)c(C=N)c1)c1ccccc1. The summed E-state index contributed by atoms with van der Waals surface area (Å²) in [6, 6.07) is 23.8. The lowest BCUT2D eigenvalue weighted by atomic mass is 9.87. The number of benzene rings is 3. The monoisotopic (exact) mass is 411 g/mol. The van der Waals surface area contributed by atoms with Gasteiger partial charge in [0.1, 0.15) is 0 Å². The first-order valence-electron chi connectivity index (χ1n) is 9.99. The highest BCUT2D eigenvalue weighted by atomic mass is 16.5. The summed E-state index contributed by atoms with van der Waals surface area (Å²) >= 11 is 0. The molecule has 31 heavy (non-hydrogen) atoms. The van der Waals surface area contributed by atoms with Crippen molar-refractivity contribution in [1.82, 2.24) is 5.48 Å². The summed E-state index contributed by atoms with van der Waals surface area (Å²) in [7, 11) is 0. The van der Waals surface area contributed by atoms with Gasteiger partial charge in [-0.25, -0.2) is 5.48 Å². The molecule has 5 N–H and O–H groups in total. The van der Waals surface area contributed by atoms with Gasteiger partial charge in [0.15, 0.2) is 0 Å². The topological polar surface area (TPSA) is 99.2 Å². The van der Waals surface area contributed by atoms with Crippen molar-refractivity contribution in [3.05, 3.63) is 107 Å². The maximum atomic E-state index is 11.2. The van der Waals surface area contributed by atoms with Crippen LogP contribution in [0.2, 0.25) is 0 Å². The lowest BCUT2D eigenvalue weighted by Gasteiger charge is -2.17. The Kier molecular flexibility index (Phi) is 7.14. The zero-order valence-electron chi connectivity index (χ0n) is 17.3. The van der Waals surface area contributed by atoms with Crippen molar-refractivity contribution < 1.29 is 10.0 Å². The summed E-state index contributed by atoms with van der Waals surface area (Å²) in [6.07, 6.45) is 4.99. The van der Waals surface area contributed by atoms with Gasteiger partial charge in [-0.15, -0.1) is 0 Å². The largest absolute Gasteiger partial charge is 0.398 e. The van der Waals surface area contributed by atoms with E-state index >= 15 is 0 Å². The average molecular weight is 412 g/mol. The van der Waals surface area contributed by atoms with Crippen LogP contribution in [0.3, 0.4) is 0 Å². The van der Waals surface area contributed by atoms with Crippen LogP contribution in [0.15, 0.2) is 78.9 Å². The maximum absolute atomic E-state index is 11.2. The molecule has 0 heterocycles. The molecule has 3 aromatic carbocycles. The molecule has 0 fully saturated rings. The number of rotatable bonds is 7. The van der Waals surface area contributed by atoms with Gasteiger partial charge in [-0.1, -0.05) is 67.6 Å². The molecule has 1 amide bonds. The molecule has 0 aliphatic carbocycles. The third-order valence-corrected chi connectivity index (χ3v) is 5.05. The summed E-state index contributed by atoms with van der Waals surface area (Å²) in [5.41, 5.74) is 15.1. The molecule has 0 spiro atoms. The number of anilines is 1. The van der Waals surface area contributed by atoms with E-state index < -0.39 is 5.91 Å². The van der Waals surface area contributed by atoms with Crippen molar-refractivity contribution in [1.29, 1.82) is 5.41 Å². The van der Waals surface area contributed by atoms with Crippen molar-refractivity contribution in [2.75, 3.05) is 5.73 Å². The van der Waals surface area contributed by atoms with E-state index in [1.165, 1.54) is 17.9 Å². The van der Waals surface area contributed by atoms with Crippen LogP contribution in [-0.2, 0) is 4.79 Å². The predicted octanol–water partition coefficient (Wildman–Crippen LogP) is 5.15. The van der Waals surface area contributed by atoms with Crippen LogP contribution in [0.1, 0.15) is 41.2 Å². The van der Waals surface area contributed by atoms with Gasteiger partial charge in [0, 0.05) is 23.5 Å². The summed E-state index contributed by atoms with van der Waals surface area (Å²) in [5.74, 6) is -0.581. The molecular formula is C26H25N3O2. The molecule has 5 heteroatoms. The highest BCUT2D eigenvalue weighted by molar-refractivity contribution is 6.00. The first kappa shape index (κ1) is 21.7. The van der Waals surface area contributed by atoms with E-state index in [0.29, 0.717) is 11.3 Å². The fraction of sp³-hybridized carbons (Fsp3) is 0.0769. The second-order valence-electron chi connectivity index (χ2n) is 6.99. The number of carbonyl (C=O) groups excluding carboxylic acids is 1. The Labute approximate surface area is 182 Å². The normalized spacial score (nSPS) is 11.8. The Hall–Kier alpha value is -3.96. The average Bonchev–Trinajstić information content (AvgIpc) is 2.82. The fourth-order valence-corrected chi connectivity index (χ4v) is 3.51. The van der Waals surface area contributed by atoms with Gasteiger partial charge in [0.2, 0.25) is 0 Å². The maximum Gasteiger partial charge on any atom is 0.267 e. The Morgan fingerprint density at radius 1 is 1.00 bits per heavy atom. The number of hydrogen-bond acceptors (Lipinski definition) is 4. The molecule has 0 atom stereocenters. The quantitative estimate of drug-likeness (QED) is 0.108. The lowest BCUT2D eigenvalue weighted by Crippen LogP contribution is -2.14. The van der Waals surface area contributed by atoms with Crippen molar-refractivity contribution in [3.63, 3.8) is 0 Å². The van der Waals surface area contributed by atoms with E-state index in [-0.39, 0.29) is 0 Å². The summed E-state index contributed by atoms with van der Waals surface area (Å²) in [6.45, 7) is 2.13. The van der Waals surface area contributed by atoms with Crippen LogP contribution >= 0.6 is 0 Å². The molecule has 3 aromatic rings. The number of nitrogen functional groups attached to an aromatic ring is 1. The lowest BCUT2D eigenvalue weighted by molar-refractivity contribution is -0.124. The van der Waals surface area contributed by atoms with Gasteiger partial charge in [-0.2, -0.15) is 0 Å². The standard InChI is InChI=1S/C26H25N3O2/c1-2-23(19-6-4-3-5-7-19)26(21-13-14-24(28)22(16-21)17-27)20-11-8-18(9-12-20)10-15-25(30)29-31/h3-17,27,31H,2,28H2,1H3,(H,29,30)/b15-10+,26-23+,27-17?. The highest BCUT2D eigenvalue weighted by Crippen LogP contribution is 2.35. The van der Waals surface area contributed by atoms with Crippen LogP contribution < -0.4 is 11.2 Å². The van der Waals surface area contributed by atoms with E-state index in [0.717, 1.165) is 34.2 Å². The molecule has 156 valence electrons. The predicted molar refractivity (Wildman–Crippen MR) is 127 cm³/mol. The van der Waals surface area contributed by atoms with Gasteiger partial charge < -0.3 is 11.1 Å². The van der Waals surface area contributed by atoms with Gasteiger partial charge in [-0.3, -0.25) is 10.0 Å². The van der Waals surface area contributed by atoms with Crippen molar-refractivity contribution in [3.8, 4) is 0 Å². The smallest absolute Gasteiger partial charge is 0.267 e. The molecule has 0 radical (unpaired) electrons. The summed E-state index contributed by atoms with van der Waals surface area (Å²) < 4.78 is 0. The number of amides is 1. The molecule has 0 aliphatic rings. The van der Waals surface area contributed by atoms with Crippen molar-refractivity contribution >= 4 is 35.0 Å². The minimum absolute atomic E-state index is 0.568. The van der Waals surface area contributed by atoms with Crippen LogP contribution in [0.4, 0.5) is 5.69 Å². The zero-order valence-corrected chi connectivity index (χ0v) is 17.3. The summed E-state index contributed by atoms with van der Waals surface area (Å²) in [4.78, 5) is 11.2. The molecule has 0 aliphatic heterocycles. The first-order valence-corrected chi connectivity index (χ1v) is 9.99. The number of hydroxylamine groups is 1. The minimum atomic E-state index is -0.581. The van der Waals surface area contributed by atoms with Crippen LogP contribution in [0.25, 0.3) is 17.2 Å². The minimum Gasteiger partial charge on any atom is -0.398 e. The van der Waals surface area contributed by atoms with E-state index in [1.807, 2.05) is 60.7 Å². The Morgan fingerprint density at radius 3 is 2.29 bits per heavy atom.